The number of anilines is 1. The van der Waals surface area contributed by atoms with Crippen LogP contribution in [0.15, 0.2) is 49.6 Å². The number of rotatable bonds is 14. The third-order valence-electron chi connectivity index (χ3n) is 8.06. The molecule has 3 aliphatic heterocycles. The van der Waals surface area contributed by atoms with Gasteiger partial charge < -0.3 is 29.7 Å². The summed E-state index contributed by atoms with van der Waals surface area (Å²) in [6, 6.07) is 5.80. The molecule has 3 fully saturated rings. The highest BCUT2D eigenvalue weighted by Crippen LogP contribution is 2.59. The van der Waals surface area contributed by atoms with Crippen LogP contribution < -0.4 is 10.2 Å². The largest absolute Gasteiger partial charge is 0.460 e. The fraction of sp³-hybridized carbons (Fsp3) is 0.533. The van der Waals surface area contributed by atoms with Crippen LogP contribution in [0.3, 0.4) is 0 Å². The number of likely N-dealkylation sites (tertiary alicyclic amines) is 1. The van der Waals surface area contributed by atoms with Crippen molar-refractivity contribution < 1.29 is 33.8 Å². The van der Waals surface area contributed by atoms with Crippen LogP contribution in [0.4, 0.5) is 5.69 Å². The molecule has 0 unspecified atom stereocenters. The lowest BCUT2D eigenvalue weighted by Gasteiger charge is -2.36. The van der Waals surface area contributed by atoms with Gasteiger partial charge in [0.2, 0.25) is 11.8 Å². The molecule has 3 aliphatic rings. The molecule has 41 heavy (non-hydrogen) atoms. The maximum absolute atomic E-state index is 14.3. The van der Waals surface area contributed by atoms with Crippen molar-refractivity contribution in [2.45, 2.75) is 62.9 Å². The van der Waals surface area contributed by atoms with Gasteiger partial charge in [0.25, 0.3) is 5.91 Å². The number of nitrogens with zero attached hydrogens (tertiary/aromatic N) is 2. The first-order valence-corrected chi connectivity index (χ1v) is 14.4. The number of nitrogens with one attached hydrogen (secondary N) is 1. The zero-order valence-corrected chi connectivity index (χ0v) is 24.1. The summed E-state index contributed by atoms with van der Waals surface area (Å²) in [5.74, 6) is -3.25. The van der Waals surface area contributed by atoms with Gasteiger partial charge in [0.05, 0.1) is 24.5 Å². The molecule has 1 aromatic rings. The number of aliphatic hydroxyl groups is 1. The van der Waals surface area contributed by atoms with Crippen molar-refractivity contribution in [3.63, 3.8) is 0 Å². The molecular formula is C30H38ClN3O7. The van der Waals surface area contributed by atoms with Crippen LogP contribution >= 0.6 is 11.6 Å². The third kappa shape index (κ3) is 6.05. The number of fused-ring (bicyclic) bond motifs is 1. The third-order valence-corrected chi connectivity index (χ3v) is 8.31. The van der Waals surface area contributed by atoms with E-state index in [0.717, 1.165) is 0 Å². The molecule has 2 bridgehead atoms. The van der Waals surface area contributed by atoms with E-state index in [-0.39, 0.29) is 50.4 Å². The number of halogens is 1. The lowest BCUT2D eigenvalue weighted by atomic mass is 9.70. The van der Waals surface area contributed by atoms with E-state index >= 15 is 0 Å². The number of hydrogen-bond donors (Lipinski definition) is 2. The summed E-state index contributed by atoms with van der Waals surface area (Å²) in [5, 5.41) is 12.8. The molecule has 1 spiro atoms. The molecule has 0 aliphatic carbocycles. The summed E-state index contributed by atoms with van der Waals surface area (Å²) in [5.41, 5.74) is -0.618. The molecular weight excluding hydrogens is 550 g/mol. The highest BCUT2D eigenvalue weighted by molar-refractivity contribution is 6.30. The van der Waals surface area contributed by atoms with E-state index in [1.807, 2.05) is 0 Å². The molecule has 11 heteroatoms. The maximum atomic E-state index is 14.3. The van der Waals surface area contributed by atoms with Crippen molar-refractivity contribution in [1.82, 2.24) is 10.2 Å². The van der Waals surface area contributed by atoms with Gasteiger partial charge in [0, 0.05) is 36.8 Å². The van der Waals surface area contributed by atoms with Gasteiger partial charge in [-0.15, -0.1) is 13.2 Å². The van der Waals surface area contributed by atoms with Gasteiger partial charge in [-0.2, -0.15) is 0 Å². The number of benzene rings is 1. The Bertz CT molecular complexity index is 1180. The summed E-state index contributed by atoms with van der Waals surface area (Å²) in [7, 11) is 0. The zero-order chi connectivity index (χ0) is 29.7. The molecule has 3 saturated heterocycles. The maximum Gasteiger partial charge on any atom is 0.312 e. The van der Waals surface area contributed by atoms with E-state index in [2.05, 4.69) is 18.5 Å². The van der Waals surface area contributed by atoms with E-state index in [0.29, 0.717) is 36.4 Å². The van der Waals surface area contributed by atoms with Crippen LogP contribution in [0.2, 0.25) is 5.02 Å². The van der Waals surface area contributed by atoms with Gasteiger partial charge in [-0.1, -0.05) is 23.8 Å². The van der Waals surface area contributed by atoms with Crippen LogP contribution in [-0.2, 0) is 28.7 Å². The van der Waals surface area contributed by atoms with Crippen LogP contribution in [-0.4, -0.2) is 83.8 Å². The average molecular weight is 588 g/mol. The molecule has 1 aromatic carbocycles. The number of ether oxygens (including phenoxy) is 2. The predicted octanol–water partition coefficient (Wildman–Crippen LogP) is 2.63. The number of allylic oxidation sites excluding steroid dienone is 1. The van der Waals surface area contributed by atoms with Gasteiger partial charge in [-0.05, 0) is 56.9 Å². The summed E-state index contributed by atoms with van der Waals surface area (Å²) in [6.45, 7) is 9.35. The van der Waals surface area contributed by atoms with Crippen molar-refractivity contribution in [2.75, 3.05) is 31.1 Å². The lowest BCUT2D eigenvalue weighted by Crippen LogP contribution is -2.56. The van der Waals surface area contributed by atoms with E-state index in [4.69, 9.17) is 21.1 Å². The number of hydrogen-bond acceptors (Lipinski definition) is 7. The van der Waals surface area contributed by atoms with Crippen molar-refractivity contribution >= 4 is 41.0 Å². The average Bonchev–Trinajstić information content (AvgIpc) is 3.60. The smallest absolute Gasteiger partial charge is 0.312 e. The minimum atomic E-state index is -1.20. The summed E-state index contributed by atoms with van der Waals surface area (Å²) in [4.78, 5) is 56.7. The van der Waals surface area contributed by atoms with Crippen molar-refractivity contribution in [3.05, 3.63) is 54.6 Å². The highest BCUT2D eigenvalue weighted by atomic mass is 35.5. The van der Waals surface area contributed by atoms with Gasteiger partial charge >= 0.3 is 5.97 Å². The summed E-state index contributed by atoms with van der Waals surface area (Å²) < 4.78 is 12.1. The number of carbonyl (C=O) groups excluding carboxylic acids is 4. The second-order valence-corrected chi connectivity index (χ2v) is 11.2. The van der Waals surface area contributed by atoms with Crippen LogP contribution in [0.25, 0.3) is 0 Å². The molecule has 222 valence electrons. The molecule has 2 N–H and O–H groups in total. The Morgan fingerprint density at radius 3 is 2.68 bits per heavy atom. The quantitative estimate of drug-likeness (QED) is 0.253. The Morgan fingerprint density at radius 1 is 1.29 bits per heavy atom. The zero-order valence-electron chi connectivity index (χ0n) is 23.3. The monoisotopic (exact) mass is 587 g/mol. The minimum Gasteiger partial charge on any atom is -0.460 e. The first-order chi connectivity index (χ1) is 19.7. The normalized spacial score (nSPS) is 26.8. The summed E-state index contributed by atoms with van der Waals surface area (Å²) in [6.07, 6.45) is 4.09. The number of carbonyl (C=O) groups is 4. The van der Waals surface area contributed by atoms with Crippen molar-refractivity contribution in [2.24, 2.45) is 11.8 Å². The Balaban J connectivity index is 1.58. The minimum absolute atomic E-state index is 0.130. The molecule has 4 rings (SSSR count). The van der Waals surface area contributed by atoms with Crippen molar-refractivity contribution in [1.29, 1.82) is 0 Å². The Kier molecular flexibility index (Phi) is 9.88. The van der Waals surface area contributed by atoms with E-state index < -0.39 is 41.7 Å². The lowest BCUT2D eigenvalue weighted by molar-refractivity contribution is -0.159. The molecule has 0 radical (unpaired) electrons. The van der Waals surface area contributed by atoms with Crippen molar-refractivity contribution in [3.8, 4) is 0 Å². The van der Waals surface area contributed by atoms with Gasteiger partial charge in [-0.3, -0.25) is 19.2 Å². The Labute approximate surface area is 245 Å². The summed E-state index contributed by atoms with van der Waals surface area (Å²) >= 11 is 6.07. The number of amides is 3. The fourth-order valence-electron chi connectivity index (χ4n) is 6.30. The molecule has 3 amide bonds. The standard InChI is InChI=1S/C30H38ClN3O7/c1-4-6-8-23(36)32-18-19(3)40-29(39)24-22-13-14-30(41-22)25(24)27(37)34(16-7-17-35)26(30)28(38)33(15-5-2)21-11-9-20(31)10-12-21/h4-5,9-12,19,22,24-26,35H,1-2,6-8,13-18H2,3H3,(H,32,36)/t19-,22-,24+,25+,26-,30+/m1/s1. The Hall–Kier alpha value is -3.21. The number of aliphatic hydroxyl groups excluding tert-OH is 1. The molecule has 0 saturated carbocycles. The SMILES string of the molecule is C=CCCC(=O)NC[C@@H](C)OC(=O)[C@@H]1[C@H]2C(=O)N(CCCO)[C@H](C(=O)N(CC=C)c3ccc(Cl)cc3)[C@]23CC[C@H]1O3. The number of esters is 1. The molecule has 3 heterocycles. The van der Waals surface area contributed by atoms with E-state index in [1.54, 1.807) is 43.3 Å². The van der Waals surface area contributed by atoms with Gasteiger partial charge in [-0.25, -0.2) is 0 Å². The fourth-order valence-corrected chi connectivity index (χ4v) is 6.43. The van der Waals surface area contributed by atoms with E-state index in [9.17, 15) is 24.3 Å². The van der Waals surface area contributed by atoms with Gasteiger partial charge in [0.15, 0.2) is 0 Å². The second-order valence-electron chi connectivity index (χ2n) is 10.8. The first kappa shape index (κ1) is 30.7. The van der Waals surface area contributed by atoms with E-state index in [1.165, 1.54) is 9.80 Å². The highest BCUT2D eigenvalue weighted by Gasteiger charge is 2.75. The second kappa shape index (κ2) is 13.2. The molecule has 6 atom stereocenters. The van der Waals surface area contributed by atoms with Crippen LogP contribution in [0.1, 0.15) is 39.0 Å². The molecule has 0 aromatic heterocycles. The van der Waals surface area contributed by atoms with Crippen LogP contribution in [0, 0.1) is 11.8 Å². The predicted molar refractivity (Wildman–Crippen MR) is 153 cm³/mol. The van der Waals surface area contributed by atoms with Crippen LogP contribution in [0.5, 0.6) is 0 Å². The molecule has 10 nitrogen and oxygen atoms in total. The van der Waals surface area contributed by atoms with Gasteiger partial charge in [0.1, 0.15) is 17.7 Å². The first-order valence-electron chi connectivity index (χ1n) is 14.0. The Morgan fingerprint density at radius 2 is 2.02 bits per heavy atom. The topological polar surface area (TPSA) is 125 Å².